The Morgan fingerprint density at radius 2 is 1.44 bits per heavy atom. The summed E-state index contributed by atoms with van der Waals surface area (Å²) in [5, 5.41) is 0. The van der Waals surface area contributed by atoms with Gasteiger partial charge in [0.25, 0.3) is 0 Å². The van der Waals surface area contributed by atoms with E-state index in [1.54, 1.807) is 19.9 Å². The first kappa shape index (κ1) is 16.7. The molecule has 0 saturated heterocycles. The smallest absolute Gasteiger partial charge is 0.340 e. The van der Waals surface area contributed by atoms with Crippen LogP contribution in [0.3, 0.4) is 0 Å². The van der Waals surface area contributed by atoms with Gasteiger partial charge in [-0.3, -0.25) is 4.79 Å². The highest BCUT2D eigenvalue weighted by Gasteiger charge is 2.27. The molecule has 1 heterocycles. The van der Waals surface area contributed by atoms with E-state index in [1.807, 2.05) is 48.5 Å². The molecule has 0 aliphatic rings. The van der Waals surface area contributed by atoms with E-state index in [0.29, 0.717) is 28.1 Å². The number of ketones is 1. The summed E-state index contributed by atoms with van der Waals surface area (Å²) in [6.07, 6.45) is 0. The number of esters is 1. The Hall–Kier alpha value is -3.14. The van der Waals surface area contributed by atoms with E-state index >= 15 is 0 Å². The number of carbonyl (C=O) groups is 2. The van der Waals surface area contributed by atoms with Gasteiger partial charge in [0, 0.05) is 17.0 Å². The summed E-state index contributed by atoms with van der Waals surface area (Å²) >= 11 is 0. The zero-order valence-corrected chi connectivity index (χ0v) is 14.4. The van der Waals surface area contributed by atoms with Crippen LogP contribution in [-0.2, 0) is 4.74 Å². The Bertz CT molecular complexity index is 939. The molecule has 0 amide bonds. The molecule has 0 aliphatic carbocycles. The van der Waals surface area contributed by atoms with Gasteiger partial charge in [0.15, 0.2) is 5.78 Å². The van der Waals surface area contributed by atoms with Crippen LogP contribution in [-0.4, -0.2) is 23.8 Å². The number of methoxy groups -OCH3 is 1. The Morgan fingerprint density at radius 3 is 2.12 bits per heavy atom. The molecule has 1 aromatic heterocycles. The molecular formula is C21H19NO3. The van der Waals surface area contributed by atoms with Gasteiger partial charge in [0.1, 0.15) is 0 Å². The Balaban J connectivity index is 2.18. The SMILES string of the molecule is COC(=O)c1c(C)[nH]c(C)c1C(=O)c1ccccc1-c1ccccc1. The lowest BCUT2D eigenvalue weighted by Crippen LogP contribution is -2.12. The first-order chi connectivity index (χ1) is 12.0. The molecule has 3 rings (SSSR count). The van der Waals surface area contributed by atoms with Crippen molar-refractivity contribution < 1.29 is 14.3 Å². The van der Waals surface area contributed by atoms with E-state index in [1.165, 1.54) is 7.11 Å². The van der Waals surface area contributed by atoms with Crippen molar-refractivity contribution in [2.45, 2.75) is 13.8 Å². The van der Waals surface area contributed by atoms with Gasteiger partial charge in [-0.1, -0.05) is 54.6 Å². The first-order valence-corrected chi connectivity index (χ1v) is 8.01. The van der Waals surface area contributed by atoms with E-state index in [2.05, 4.69) is 4.98 Å². The fourth-order valence-electron chi connectivity index (χ4n) is 3.11. The predicted molar refractivity (Wildman–Crippen MR) is 96.9 cm³/mol. The van der Waals surface area contributed by atoms with E-state index < -0.39 is 5.97 Å². The van der Waals surface area contributed by atoms with Crippen LogP contribution in [0.4, 0.5) is 0 Å². The van der Waals surface area contributed by atoms with Crippen molar-refractivity contribution in [2.75, 3.05) is 7.11 Å². The monoisotopic (exact) mass is 333 g/mol. The minimum Gasteiger partial charge on any atom is -0.465 e. The molecule has 0 fully saturated rings. The summed E-state index contributed by atoms with van der Waals surface area (Å²) < 4.78 is 4.86. The molecule has 4 heteroatoms. The number of rotatable bonds is 4. The van der Waals surface area contributed by atoms with E-state index in [-0.39, 0.29) is 5.78 Å². The molecule has 25 heavy (non-hydrogen) atoms. The number of hydrogen-bond acceptors (Lipinski definition) is 3. The lowest BCUT2D eigenvalue weighted by atomic mass is 9.92. The fourth-order valence-corrected chi connectivity index (χ4v) is 3.11. The molecule has 0 aliphatic heterocycles. The third-order valence-electron chi connectivity index (χ3n) is 4.25. The molecule has 0 saturated carbocycles. The van der Waals surface area contributed by atoms with Gasteiger partial charge >= 0.3 is 5.97 Å². The van der Waals surface area contributed by atoms with Gasteiger partial charge in [-0.15, -0.1) is 0 Å². The summed E-state index contributed by atoms with van der Waals surface area (Å²) in [6.45, 7) is 3.55. The van der Waals surface area contributed by atoms with Crippen LogP contribution in [0.2, 0.25) is 0 Å². The second-order valence-corrected chi connectivity index (χ2v) is 5.86. The van der Waals surface area contributed by atoms with Gasteiger partial charge in [0.05, 0.1) is 18.2 Å². The Kier molecular flexibility index (Phi) is 4.52. The normalized spacial score (nSPS) is 10.5. The Labute approximate surface area is 146 Å². The van der Waals surface area contributed by atoms with Gasteiger partial charge in [0.2, 0.25) is 0 Å². The second kappa shape index (κ2) is 6.77. The average molecular weight is 333 g/mol. The summed E-state index contributed by atoms with van der Waals surface area (Å²) in [5.74, 6) is -0.705. The van der Waals surface area contributed by atoms with E-state index in [9.17, 15) is 9.59 Å². The van der Waals surface area contributed by atoms with Crippen LogP contribution < -0.4 is 0 Å². The van der Waals surface area contributed by atoms with Crippen molar-refractivity contribution in [1.82, 2.24) is 4.98 Å². The largest absolute Gasteiger partial charge is 0.465 e. The second-order valence-electron chi connectivity index (χ2n) is 5.86. The molecule has 0 radical (unpaired) electrons. The third-order valence-corrected chi connectivity index (χ3v) is 4.25. The van der Waals surface area contributed by atoms with Gasteiger partial charge in [-0.2, -0.15) is 0 Å². The zero-order valence-electron chi connectivity index (χ0n) is 14.4. The fraction of sp³-hybridized carbons (Fsp3) is 0.143. The predicted octanol–water partition coefficient (Wildman–Crippen LogP) is 4.32. The highest BCUT2D eigenvalue weighted by molar-refractivity contribution is 6.18. The number of aromatic amines is 1. The van der Waals surface area contributed by atoms with Crippen LogP contribution in [0, 0.1) is 13.8 Å². The lowest BCUT2D eigenvalue weighted by molar-refractivity contribution is 0.0597. The molecular weight excluding hydrogens is 314 g/mol. The van der Waals surface area contributed by atoms with Crippen LogP contribution in [0.1, 0.15) is 37.7 Å². The first-order valence-electron chi connectivity index (χ1n) is 8.01. The van der Waals surface area contributed by atoms with Gasteiger partial charge in [-0.05, 0) is 25.0 Å². The van der Waals surface area contributed by atoms with Crippen LogP contribution in [0.5, 0.6) is 0 Å². The van der Waals surface area contributed by atoms with Gasteiger partial charge < -0.3 is 9.72 Å². The van der Waals surface area contributed by atoms with Crippen molar-refractivity contribution in [3.05, 3.63) is 82.7 Å². The van der Waals surface area contributed by atoms with Crippen molar-refractivity contribution >= 4 is 11.8 Å². The van der Waals surface area contributed by atoms with Crippen LogP contribution >= 0.6 is 0 Å². The van der Waals surface area contributed by atoms with Crippen molar-refractivity contribution in [1.29, 1.82) is 0 Å². The molecule has 3 aromatic rings. The molecule has 0 bridgehead atoms. The maximum absolute atomic E-state index is 13.3. The van der Waals surface area contributed by atoms with Crippen LogP contribution in [0.15, 0.2) is 54.6 Å². The number of hydrogen-bond donors (Lipinski definition) is 1. The Morgan fingerprint density at radius 1 is 0.840 bits per heavy atom. The van der Waals surface area contributed by atoms with Crippen LogP contribution in [0.25, 0.3) is 11.1 Å². The molecule has 1 N–H and O–H groups in total. The minimum atomic E-state index is -0.512. The van der Waals surface area contributed by atoms with Crippen molar-refractivity contribution in [3.63, 3.8) is 0 Å². The summed E-state index contributed by atoms with van der Waals surface area (Å²) in [4.78, 5) is 28.5. The molecule has 126 valence electrons. The standard InChI is InChI=1S/C21H19NO3/c1-13-18(19(14(2)22-13)21(24)25-3)20(23)17-12-8-7-11-16(17)15-9-5-4-6-10-15/h4-12,22H,1-3H3. The van der Waals surface area contributed by atoms with E-state index in [0.717, 1.165) is 11.1 Å². The number of aryl methyl sites for hydroxylation is 2. The molecule has 2 aromatic carbocycles. The van der Waals surface area contributed by atoms with E-state index in [4.69, 9.17) is 4.74 Å². The summed E-state index contributed by atoms with van der Waals surface area (Å²) in [7, 11) is 1.32. The average Bonchev–Trinajstić information content (AvgIpc) is 2.95. The zero-order chi connectivity index (χ0) is 18.0. The number of aromatic nitrogens is 1. The molecule has 0 spiro atoms. The number of nitrogens with one attached hydrogen (secondary N) is 1. The number of carbonyl (C=O) groups excluding carboxylic acids is 2. The summed E-state index contributed by atoms with van der Waals surface area (Å²) in [6, 6.07) is 17.1. The van der Waals surface area contributed by atoms with Crippen molar-refractivity contribution in [3.8, 4) is 11.1 Å². The number of ether oxygens (including phenoxy) is 1. The molecule has 4 nitrogen and oxygen atoms in total. The number of H-pyrrole nitrogens is 1. The third kappa shape index (κ3) is 2.98. The lowest BCUT2D eigenvalue weighted by Gasteiger charge is -2.10. The highest BCUT2D eigenvalue weighted by Crippen LogP contribution is 2.29. The highest BCUT2D eigenvalue weighted by atomic mass is 16.5. The quantitative estimate of drug-likeness (QED) is 0.571. The van der Waals surface area contributed by atoms with Crippen molar-refractivity contribution in [2.24, 2.45) is 0 Å². The number of benzene rings is 2. The molecule has 0 unspecified atom stereocenters. The molecule has 0 atom stereocenters. The maximum Gasteiger partial charge on any atom is 0.340 e. The maximum atomic E-state index is 13.3. The topological polar surface area (TPSA) is 59.2 Å². The minimum absolute atomic E-state index is 0.193. The summed E-state index contributed by atoms with van der Waals surface area (Å²) in [5.41, 5.74) is 4.30. The van der Waals surface area contributed by atoms with Gasteiger partial charge in [-0.25, -0.2) is 4.79 Å².